The summed E-state index contributed by atoms with van der Waals surface area (Å²) >= 11 is 5.97. The van der Waals surface area contributed by atoms with Crippen molar-refractivity contribution in [2.75, 3.05) is 0 Å². The Kier molecular flexibility index (Phi) is 2.72. The van der Waals surface area contributed by atoms with Crippen molar-refractivity contribution in [1.82, 2.24) is 0 Å². The number of hydrogen-bond donors (Lipinski definition) is 0. The maximum atomic E-state index is 10.7. The summed E-state index contributed by atoms with van der Waals surface area (Å²) < 4.78 is 0. The second-order valence-corrected chi connectivity index (χ2v) is 3.67. The van der Waals surface area contributed by atoms with Gasteiger partial charge in [-0.2, -0.15) is 0 Å². The molecule has 0 saturated heterocycles. The molecule has 0 radical (unpaired) electrons. The van der Waals surface area contributed by atoms with Gasteiger partial charge in [-0.15, -0.1) is 11.6 Å². The quantitative estimate of drug-likeness (QED) is 0.567. The number of carbonyl (C=O) groups is 1. The van der Waals surface area contributed by atoms with Crippen molar-refractivity contribution in [3.63, 3.8) is 0 Å². The molecule has 0 heterocycles. The number of ketones is 1. The molecule has 58 valence electrons. The lowest BCUT2D eigenvalue weighted by molar-refractivity contribution is -0.117. The Morgan fingerprint density at radius 2 is 2.30 bits per heavy atom. The van der Waals surface area contributed by atoms with Crippen LogP contribution in [0, 0.1) is 5.92 Å². The summed E-state index contributed by atoms with van der Waals surface area (Å²) in [5.41, 5.74) is 0. The maximum Gasteiger partial charge on any atom is 0.130 e. The van der Waals surface area contributed by atoms with E-state index in [1.807, 2.05) is 0 Å². The van der Waals surface area contributed by atoms with Gasteiger partial charge in [-0.3, -0.25) is 0 Å². The molecule has 0 amide bonds. The van der Waals surface area contributed by atoms with Crippen molar-refractivity contribution in [1.29, 1.82) is 0 Å². The highest BCUT2D eigenvalue weighted by molar-refractivity contribution is 6.21. The van der Waals surface area contributed by atoms with Gasteiger partial charge in [-0.1, -0.05) is 6.42 Å². The third-order valence-corrected chi connectivity index (χ3v) is 2.69. The van der Waals surface area contributed by atoms with Crippen LogP contribution in [0.5, 0.6) is 0 Å². The molecule has 1 fully saturated rings. The molecule has 0 aliphatic heterocycles. The summed E-state index contributed by atoms with van der Waals surface area (Å²) in [5, 5.41) is 0.267. The molecule has 1 aliphatic rings. The van der Waals surface area contributed by atoms with Gasteiger partial charge >= 0.3 is 0 Å². The van der Waals surface area contributed by atoms with Gasteiger partial charge in [0.25, 0.3) is 0 Å². The van der Waals surface area contributed by atoms with Crippen molar-refractivity contribution in [2.45, 2.75) is 38.0 Å². The predicted molar refractivity (Wildman–Crippen MR) is 42.3 cm³/mol. The number of hydrogen-bond acceptors (Lipinski definition) is 1. The number of Topliss-reactive ketones (excluding diaryl/α,β-unsaturated/α-hetero) is 1. The van der Waals surface area contributed by atoms with E-state index in [0.29, 0.717) is 12.3 Å². The molecule has 0 aromatic rings. The molecule has 10 heavy (non-hydrogen) atoms. The minimum atomic E-state index is 0.267. The summed E-state index contributed by atoms with van der Waals surface area (Å²) in [7, 11) is 0. The fraction of sp³-hybridized carbons (Fsp3) is 0.875. The minimum Gasteiger partial charge on any atom is -0.300 e. The highest BCUT2D eigenvalue weighted by Gasteiger charge is 2.25. The van der Waals surface area contributed by atoms with Crippen LogP contribution in [-0.4, -0.2) is 11.2 Å². The molecule has 0 aromatic heterocycles. The van der Waals surface area contributed by atoms with Gasteiger partial charge in [0, 0.05) is 11.8 Å². The Balaban J connectivity index is 2.33. The molecule has 1 rings (SSSR count). The van der Waals surface area contributed by atoms with Gasteiger partial charge in [0.2, 0.25) is 0 Å². The van der Waals surface area contributed by atoms with Crippen LogP contribution in [0.3, 0.4) is 0 Å². The molecular formula is C8H13ClO. The van der Waals surface area contributed by atoms with E-state index < -0.39 is 0 Å². The molecule has 1 nitrogen and oxygen atoms in total. The largest absolute Gasteiger partial charge is 0.300 e. The fourth-order valence-electron chi connectivity index (χ4n) is 1.59. The van der Waals surface area contributed by atoms with Gasteiger partial charge in [-0.25, -0.2) is 0 Å². The lowest BCUT2D eigenvalue weighted by Crippen LogP contribution is -2.10. The molecule has 0 N–H and O–H groups in total. The summed E-state index contributed by atoms with van der Waals surface area (Å²) in [6, 6.07) is 0. The molecular weight excluding hydrogens is 148 g/mol. The van der Waals surface area contributed by atoms with Crippen LogP contribution < -0.4 is 0 Å². The smallest absolute Gasteiger partial charge is 0.130 e. The van der Waals surface area contributed by atoms with Crippen molar-refractivity contribution in [3.05, 3.63) is 0 Å². The van der Waals surface area contributed by atoms with Crippen LogP contribution >= 0.6 is 11.6 Å². The monoisotopic (exact) mass is 160 g/mol. The fourth-order valence-corrected chi connectivity index (χ4v) is 1.96. The van der Waals surface area contributed by atoms with E-state index in [1.54, 1.807) is 6.92 Å². The highest BCUT2D eigenvalue weighted by atomic mass is 35.5. The van der Waals surface area contributed by atoms with E-state index in [4.69, 9.17) is 11.6 Å². The second kappa shape index (κ2) is 3.38. The Hall–Kier alpha value is -0.0400. The first-order valence-electron chi connectivity index (χ1n) is 3.83. The van der Waals surface area contributed by atoms with Gasteiger partial charge < -0.3 is 4.79 Å². The van der Waals surface area contributed by atoms with Crippen LogP contribution in [0.1, 0.15) is 32.6 Å². The lowest BCUT2D eigenvalue weighted by Gasteiger charge is -2.09. The van der Waals surface area contributed by atoms with E-state index in [-0.39, 0.29) is 11.2 Å². The molecule has 0 bridgehead atoms. The average molecular weight is 161 g/mol. The normalized spacial score (nSPS) is 32.6. The summed E-state index contributed by atoms with van der Waals surface area (Å²) in [6.07, 6.45) is 4.13. The standard InChI is InChI=1S/C8H13ClO/c1-6(10)5-7-3-2-4-8(7)9/h7-8H,2-5H2,1H3. The van der Waals surface area contributed by atoms with Crippen molar-refractivity contribution < 1.29 is 4.79 Å². The Labute approximate surface area is 66.8 Å². The highest BCUT2D eigenvalue weighted by Crippen LogP contribution is 2.32. The zero-order valence-corrected chi connectivity index (χ0v) is 7.03. The van der Waals surface area contributed by atoms with Gasteiger partial charge in [0.05, 0.1) is 0 Å². The summed E-state index contributed by atoms with van der Waals surface area (Å²) in [6.45, 7) is 1.64. The van der Waals surface area contributed by atoms with E-state index in [2.05, 4.69) is 0 Å². The Morgan fingerprint density at radius 1 is 1.60 bits per heavy atom. The zero-order valence-electron chi connectivity index (χ0n) is 6.27. The SMILES string of the molecule is CC(=O)CC1CCCC1Cl. The van der Waals surface area contributed by atoms with Crippen LogP contribution in [0.2, 0.25) is 0 Å². The minimum absolute atomic E-state index is 0.267. The first kappa shape index (κ1) is 8.06. The topological polar surface area (TPSA) is 17.1 Å². The number of alkyl halides is 1. The maximum absolute atomic E-state index is 10.7. The molecule has 1 aliphatic carbocycles. The van der Waals surface area contributed by atoms with E-state index >= 15 is 0 Å². The van der Waals surface area contributed by atoms with Gasteiger partial charge in [-0.05, 0) is 25.7 Å². The van der Waals surface area contributed by atoms with Crippen LogP contribution in [0.15, 0.2) is 0 Å². The first-order valence-corrected chi connectivity index (χ1v) is 4.27. The van der Waals surface area contributed by atoms with Crippen molar-refractivity contribution in [3.8, 4) is 0 Å². The molecule has 2 atom stereocenters. The number of rotatable bonds is 2. The van der Waals surface area contributed by atoms with Crippen molar-refractivity contribution in [2.24, 2.45) is 5.92 Å². The Bertz CT molecular complexity index is 133. The van der Waals surface area contributed by atoms with Crippen molar-refractivity contribution >= 4 is 17.4 Å². The first-order chi connectivity index (χ1) is 4.70. The molecule has 0 aromatic carbocycles. The van der Waals surface area contributed by atoms with E-state index in [9.17, 15) is 4.79 Å². The Morgan fingerprint density at radius 3 is 2.70 bits per heavy atom. The second-order valence-electron chi connectivity index (χ2n) is 3.11. The summed E-state index contributed by atoms with van der Waals surface area (Å²) in [5.74, 6) is 0.747. The molecule has 2 unspecified atom stereocenters. The van der Waals surface area contributed by atoms with Gasteiger partial charge in [0.1, 0.15) is 5.78 Å². The van der Waals surface area contributed by atoms with E-state index in [0.717, 1.165) is 12.8 Å². The molecule has 0 spiro atoms. The van der Waals surface area contributed by atoms with Crippen LogP contribution in [0.4, 0.5) is 0 Å². The number of carbonyl (C=O) groups excluding carboxylic acids is 1. The number of halogens is 1. The molecule has 1 saturated carbocycles. The third-order valence-electron chi connectivity index (χ3n) is 2.12. The predicted octanol–water partition coefficient (Wildman–Crippen LogP) is 2.37. The van der Waals surface area contributed by atoms with Crippen LogP contribution in [-0.2, 0) is 4.79 Å². The van der Waals surface area contributed by atoms with Gasteiger partial charge in [0.15, 0.2) is 0 Å². The van der Waals surface area contributed by atoms with Crippen LogP contribution in [0.25, 0.3) is 0 Å². The zero-order chi connectivity index (χ0) is 7.56. The summed E-state index contributed by atoms with van der Waals surface area (Å²) in [4.78, 5) is 10.7. The molecule has 2 heteroatoms. The van der Waals surface area contributed by atoms with E-state index in [1.165, 1.54) is 6.42 Å². The third kappa shape index (κ3) is 1.98. The average Bonchev–Trinajstić information content (AvgIpc) is 2.15. The lowest BCUT2D eigenvalue weighted by atomic mass is 10.0.